The summed E-state index contributed by atoms with van der Waals surface area (Å²) in [5, 5.41) is 11.8. The maximum atomic E-state index is 2.38. The zero-order valence-electron chi connectivity index (χ0n) is 23.4. The van der Waals surface area contributed by atoms with Crippen LogP contribution in [0.4, 0.5) is 0 Å². The standard InChI is InChI=1S/C42H26S/c1-2-14-34-27(9-1)19-20-33-26-41(43-42(33)34)32-13-8-12-30(24-32)28-10-7-11-29(23-28)31-21-22-39-37-17-4-3-15-35(37)36-16-5-6-18-38(36)40(39)25-31/h1-26H. The maximum absolute atomic E-state index is 2.38. The van der Waals surface area contributed by atoms with Crippen molar-refractivity contribution in [2.24, 2.45) is 0 Å². The minimum atomic E-state index is 1.23. The van der Waals surface area contributed by atoms with Gasteiger partial charge in [0.1, 0.15) is 0 Å². The Bertz CT molecular complexity index is 2480. The monoisotopic (exact) mass is 562 g/mol. The number of benzene rings is 8. The zero-order chi connectivity index (χ0) is 28.3. The van der Waals surface area contributed by atoms with Gasteiger partial charge in [-0.05, 0) is 101 Å². The average Bonchev–Trinajstić information content (AvgIpc) is 3.54. The van der Waals surface area contributed by atoms with Crippen molar-refractivity contribution < 1.29 is 0 Å². The van der Waals surface area contributed by atoms with Gasteiger partial charge in [-0.15, -0.1) is 11.3 Å². The molecule has 9 aromatic rings. The van der Waals surface area contributed by atoms with Gasteiger partial charge in [-0.1, -0.05) is 133 Å². The third-order valence-electron chi connectivity index (χ3n) is 8.83. The van der Waals surface area contributed by atoms with Crippen LogP contribution in [0, 0.1) is 0 Å². The van der Waals surface area contributed by atoms with Gasteiger partial charge in [-0.3, -0.25) is 0 Å². The molecule has 0 aliphatic heterocycles. The molecule has 0 bridgehead atoms. The normalized spacial score (nSPS) is 11.7. The van der Waals surface area contributed by atoms with Gasteiger partial charge in [0, 0.05) is 9.58 Å². The largest absolute Gasteiger partial charge is 0.135 e. The Morgan fingerprint density at radius 3 is 1.44 bits per heavy atom. The summed E-state index contributed by atoms with van der Waals surface area (Å²) in [4.78, 5) is 1.30. The number of fused-ring (bicyclic) bond motifs is 9. The molecule has 0 saturated carbocycles. The summed E-state index contributed by atoms with van der Waals surface area (Å²) < 4.78 is 1.36. The molecule has 8 aromatic carbocycles. The van der Waals surface area contributed by atoms with Crippen LogP contribution in [0.15, 0.2) is 158 Å². The highest BCUT2D eigenvalue weighted by atomic mass is 32.1. The van der Waals surface area contributed by atoms with Gasteiger partial charge in [0.15, 0.2) is 0 Å². The highest BCUT2D eigenvalue weighted by molar-refractivity contribution is 7.23. The molecule has 1 aromatic heterocycles. The van der Waals surface area contributed by atoms with Crippen LogP contribution in [-0.4, -0.2) is 0 Å². The third kappa shape index (κ3) is 3.97. The summed E-state index contributed by atoms with van der Waals surface area (Å²) in [6.07, 6.45) is 0. The molecular weight excluding hydrogens is 537 g/mol. The summed E-state index contributed by atoms with van der Waals surface area (Å²) in [6, 6.07) is 58.0. The van der Waals surface area contributed by atoms with Crippen LogP contribution in [0.25, 0.3) is 85.9 Å². The van der Waals surface area contributed by atoms with E-state index in [1.54, 1.807) is 0 Å². The second kappa shape index (κ2) is 9.66. The first-order valence-electron chi connectivity index (χ1n) is 14.8. The molecule has 0 aliphatic rings. The van der Waals surface area contributed by atoms with Crippen molar-refractivity contribution in [2.45, 2.75) is 0 Å². The van der Waals surface area contributed by atoms with Crippen molar-refractivity contribution in [2.75, 3.05) is 0 Å². The molecule has 0 spiro atoms. The molecule has 0 aliphatic carbocycles. The lowest BCUT2D eigenvalue weighted by Gasteiger charge is -2.12. The van der Waals surface area contributed by atoms with Crippen molar-refractivity contribution in [1.29, 1.82) is 0 Å². The summed E-state index contributed by atoms with van der Waals surface area (Å²) >= 11 is 1.89. The summed E-state index contributed by atoms with van der Waals surface area (Å²) in [5.74, 6) is 0. The molecule has 9 rings (SSSR count). The smallest absolute Gasteiger partial charge is 0.0427 e. The number of hydrogen-bond acceptors (Lipinski definition) is 1. The molecule has 0 N–H and O–H groups in total. The summed E-state index contributed by atoms with van der Waals surface area (Å²) in [5.41, 5.74) is 6.20. The van der Waals surface area contributed by atoms with Crippen molar-refractivity contribution in [3.63, 3.8) is 0 Å². The Labute approximate surface area is 254 Å². The van der Waals surface area contributed by atoms with Crippen molar-refractivity contribution in [3.05, 3.63) is 158 Å². The molecular formula is C42H26S. The Kier molecular flexibility index (Phi) is 5.47. The van der Waals surface area contributed by atoms with E-state index in [9.17, 15) is 0 Å². The molecule has 200 valence electrons. The van der Waals surface area contributed by atoms with Crippen LogP contribution in [0.1, 0.15) is 0 Å². The number of hydrogen-bond donors (Lipinski definition) is 0. The first kappa shape index (κ1) is 24.4. The highest BCUT2D eigenvalue weighted by Crippen LogP contribution is 2.40. The SMILES string of the molecule is c1cc(-c2cccc(-c3cc4ccc5ccccc5c4s3)c2)cc(-c2ccc3c4ccccc4c4ccccc4c3c2)c1. The molecule has 0 radical (unpaired) electrons. The van der Waals surface area contributed by atoms with Crippen LogP contribution in [0.5, 0.6) is 0 Å². The van der Waals surface area contributed by atoms with Gasteiger partial charge in [0.25, 0.3) is 0 Å². The van der Waals surface area contributed by atoms with Crippen LogP contribution < -0.4 is 0 Å². The lowest BCUT2D eigenvalue weighted by Crippen LogP contribution is -1.86. The van der Waals surface area contributed by atoms with Crippen LogP contribution in [-0.2, 0) is 0 Å². The molecule has 0 unspecified atom stereocenters. The second-order valence-corrected chi connectivity index (χ2v) is 12.4. The molecule has 0 atom stereocenters. The fourth-order valence-electron chi connectivity index (χ4n) is 6.73. The van der Waals surface area contributed by atoms with Gasteiger partial charge in [-0.25, -0.2) is 0 Å². The molecule has 1 heteroatoms. The number of rotatable bonds is 3. The van der Waals surface area contributed by atoms with E-state index in [1.165, 1.54) is 85.9 Å². The fourth-order valence-corrected chi connectivity index (χ4v) is 7.92. The van der Waals surface area contributed by atoms with E-state index in [2.05, 4.69) is 158 Å². The summed E-state index contributed by atoms with van der Waals surface area (Å²) in [7, 11) is 0. The van der Waals surface area contributed by atoms with E-state index in [-0.39, 0.29) is 0 Å². The Morgan fingerprint density at radius 2 is 0.767 bits per heavy atom. The molecule has 43 heavy (non-hydrogen) atoms. The van der Waals surface area contributed by atoms with Gasteiger partial charge < -0.3 is 0 Å². The van der Waals surface area contributed by atoms with Crippen LogP contribution in [0.2, 0.25) is 0 Å². The van der Waals surface area contributed by atoms with Crippen LogP contribution >= 0.6 is 11.3 Å². The summed E-state index contributed by atoms with van der Waals surface area (Å²) in [6.45, 7) is 0. The Morgan fingerprint density at radius 1 is 0.279 bits per heavy atom. The minimum Gasteiger partial charge on any atom is -0.135 e. The van der Waals surface area contributed by atoms with E-state index < -0.39 is 0 Å². The van der Waals surface area contributed by atoms with E-state index >= 15 is 0 Å². The third-order valence-corrected chi connectivity index (χ3v) is 10.1. The average molecular weight is 563 g/mol. The topological polar surface area (TPSA) is 0 Å². The second-order valence-electron chi connectivity index (χ2n) is 11.3. The fraction of sp³-hybridized carbons (Fsp3) is 0. The van der Waals surface area contributed by atoms with Gasteiger partial charge >= 0.3 is 0 Å². The van der Waals surface area contributed by atoms with Crippen molar-refractivity contribution in [3.8, 4) is 32.7 Å². The molecule has 1 heterocycles. The quantitative estimate of drug-likeness (QED) is 0.188. The van der Waals surface area contributed by atoms with E-state index in [0.717, 1.165) is 0 Å². The molecule has 0 amide bonds. The van der Waals surface area contributed by atoms with E-state index in [0.29, 0.717) is 0 Å². The molecule has 0 saturated heterocycles. The Hall–Kier alpha value is -5.24. The zero-order valence-corrected chi connectivity index (χ0v) is 24.2. The Balaban J connectivity index is 1.14. The van der Waals surface area contributed by atoms with E-state index in [4.69, 9.17) is 0 Å². The van der Waals surface area contributed by atoms with E-state index in [1.807, 2.05) is 11.3 Å². The lowest BCUT2D eigenvalue weighted by atomic mass is 9.91. The maximum Gasteiger partial charge on any atom is 0.0427 e. The van der Waals surface area contributed by atoms with Crippen molar-refractivity contribution >= 4 is 64.5 Å². The first-order chi connectivity index (χ1) is 21.3. The molecule has 0 fully saturated rings. The van der Waals surface area contributed by atoms with Gasteiger partial charge in [-0.2, -0.15) is 0 Å². The van der Waals surface area contributed by atoms with Crippen molar-refractivity contribution in [1.82, 2.24) is 0 Å². The van der Waals surface area contributed by atoms with Gasteiger partial charge in [0.05, 0.1) is 0 Å². The lowest BCUT2D eigenvalue weighted by molar-refractivity contribution is 1.60. The minimum absolute atomic E-state index is 1.23. The first-order valence-corrected chi connectivity index (χ1v) is 15.6. The number of thiophene rings is 1. The predicted molar refractivity (Wildman–Crippen MR) is 188 cm³/mol. The highest BCUT2D eigenvalue weighted by Gasteiger charge is 2.12. The predicted octanol–water partition coefficient (Wildman–Crippen LogP) is 12.5. The van der Waals surface area contributed by atoms with Crippen LogP contribution in [0.3, 0.4) is 0 Å². The van der Waals surface area contributed by atoms with Gasteiger partial charge in [0.2, 0.25) is 0 Å². The molecule has 0 nitrogen and oxygen atoms in total.